The van der Waals surface area contributed by atoms with E-state index in [-0.39, 0.29) is 36.5 Å². The van der Waals surface area contributed by atoms with Crippen LogP contribution in [-0.4, -0.2) is 59.9 Å². The van der Waals surface area contributed by atoms with Crippen LogP contribution in [0.3, 0.4) is 0 Å². The highest BCUT2D eigenvalue weighted by molar-refractivity contribution is 5.78. The minimum Gasteiger partial charge on any atom is -0.390 e. The molecule has 2 amide bonds. The molecule has 2 unspecified atom stereocenters. The number of carbonyl (C=O) groups is 4. The summed E-state index contributed by atoms with van der Waals surface area (Å²) in [5, 5.41) is 24.9. The lowest BCUT2D eigenvalue weighted by Crippen LogP contribution is -2.32. The zero-order valence-corrected chi connectivity index (χ0v) is 23.7. The molecule has 3 rings (SSSR count). The average Bonchev–Trinajstić information content (AvgIpc) is 3.16. The van der Waals surface area contributed by atoms with Gasteiger partial charge in [-0.15, -0.1) is 0 Å². The van der Waals surface area contributed by atoms with E-state index in [1.807, 2.05) is 67.6 Å². The Kier molecular flexibility index (Phi) is 13.7. The van der Waals surface area contributed by atoms with E-state index < -0.39 is 17.6 Å². The Hall–Kier alpha value is -3.36. The van der Waals surface area contributed by atoms with Crippen molar-refractivity contribution in [3.05, 3.63) is 71.8 Å². The monoisotopic (exact) mass is 552 g/mol. The van der Waals surface area contributed by atoms with E-state index >= 15 is 0 Å². The number of nitrogens with one attached hydrogen (secondary N) is 2. The maximum Gasteiger partial charge on any atom is 0.220 e. The zero-order chi connectivity index (χ0) is 29.4. The van der Waals surface area contributed by atoms with Gasteiger partial charge >= 0.3 is 0 Å². The summed E-state index contributed by atoms with van der Waals surface area (Å²) in [5.74, 6) is -0.128. The summed E-state index contributed by atoms with van der Waals surface area (Å²) in [6.07, 6.45) is 3.68. The third kappa shape index (κ3) is 12.2. The molecule has 1 fully saturated rings. The molecule has 40 heavy (non-hydrogen) atoms. The first-order valence-electron chi connectivity index (χ1n) is 13.9. The summed E-state index contributed by atoms with van der Waals surface area (Å²) in [6, 6.07) is 19.9. The van der Waals surface area contributed by atoms with E-state index in [0.717, 1.165) is 31.0 Å². The van der Waals surface area contributed by atoms with Gasteiger partial charge < -0.3 is 30.4 Å². The van der Waals surface area contributed by atoms with Crippen LogP contribution in [0.4, 0.5) is 0 Å². The van der Waals surface area contributed by atoms with Gasteiger partial charge in [0.05, 0.1) is 12.2 Å². The third-order valence-corrected chi connectivity index (χ3v) is 7.33. The number of hydrogen-bond donors (Lipinski definition) is 4. The van der Waals surface area contributed by atoms with Crippen LogP contribution in [0.1, 0.15) is 63.5 Å². The molecule has 4 N–H and O–H groups in total. The molecule has 0 saturated heterocycles. The van der Waals surface area contributed by atoms with Gasteiger partial charge in [0, 0.05) is 38.8 Å². The van der Waals surface area contributed by atoms with Crippen LogP contribution < -0.4 is 10.6 Å². The molecule has 8 nitrogen and oxygen atoms in total. The van der Waals surface area contributed by atoms with Gasteiger partial charge in [-0.05, 0) is 47.6 Å². The molecule has 0 bridgehead atoms. The van der Waals surface area contributed by atoms with Gasteiger partial charge in [-0.3, -0.25) is 9.59 Å². The van der Waals surface area contributed by atoms with Crippen LogP contribution in [-0.2, 0) is 32.0 Å². The second-order valence-electron chi connectivity index (χ2n) is 11.4. The maximum absolute atomic E-state index is 11.9. The van der Waals surface area contributed by atoms with E-state index in [2.05, 4.69) is 10.6 Å². The van der Waals surface area contributed by atoms with Crippen LogP contribution in [0.2, 0.25) is 0 Å². The molecule has 8 heteroatoms. The molecule has 1 saturated carbocycles. The highest BCUT2D eigenvalue weighted by Crippen LogP contribution is 2.40. The average molecular weight is 553 g/mol. The molecule has 0 heterocycles. The summed E-state index contributed by atoms with van der Waals surface area (Å²) in [4.78, 5) is 45.0. The molecule has 0 radical (unpaired) electrons. The Bertz CT molecular complexity index is 1040. The van der Waals surface area contributed by atoms with Crippen molar-refractivity contribution in [2.45, 2.75) is 77.4 Å². The molecule has 0 spiro atoms. The molecule has 218 valence electrons. The van der Waals surface area contributed by atoms with E-state index in [4.69, 9.17) is 0 Å². The van der Waals surface area contributed by atoms with Gasteiger partial charge in [-0.1, -0.05) is 74.5 Å². The molecule has 0 aromatic heterocycles. The number of benzene rings is 2. The Morgan fingerprint density at radius 1 is 0.825 bits per heavy atom. The summed E-state index contributed by atoms with van der Waals surface area (Å²) >= 11 is 0. The van der Waals surface area contributed by atoms with Crippen LogP contribution in [0, 0.1) is 10.8 Å². The molecular formula is C32H44N2O6. The van der Waals surface area contributed by atoms with Crippen LogP contribution in [0.5, 0.6) is 0 Å². The van der Waals surface area contributed by atoms with E-state index in [9.17, 15) is 29.4 Å². The van der Waals surface area contributed by atoms with E-state index in [1.54, 1.807) is 6.92 Å². The van der Waals surface area contributed by atoms with Crippen molar-refractivity contribution >= 4 is 24.4 Å². The lowest BCUT2D eigenvalue weighted by molar-refractivity contribution is -0.125. The molecule has 1 aliphatic carbocycles. The second kappa shape index (κ2) is 16.7. The van der Waals surface area contributed by atoms with Crippen LogP contribution >= 0.6 is 0 Å². The van der Waals surface area contributed by atoms with Gasteiger partial charge in [0.2, 0.25) is 11.8 Å². The first-order valence-corrected chi connectivity index (χ1v) is 13.9. The van der Waals surface area contributed by atoms with Crippen molar-refractivity contribution < 1.29 is 29.4 Å². The Balaban J connectivity index is 0.000000280. The highest BCUT2D eigenvalue weighted by atomic mass is 16.3. The zero-order valence-electron chi connectivity index (χ0n) is 23.7. The topological polar surface area (TPSA) is 133 Å². The molecule has 0 aliphatic heterocycles. The lowest BCUT2D eigenvalue weighted by atomic mass is 9.81. The van der Waals surface area contributed by atoms with Crippen molar-refractivity contribution in [1.82, 2.24) is 10.6 Å². The smallest absolute Gasteiger partial charge is 0.220 e. The molecule has 2 aromatic rings. The standard InChI is InChI=1S/C16H23NO3.C16H21NO3/c1-16(9-13(18)14(19)10-16)11-15(20)17-8-7-12-5-3-2-4-6-12;1-16(8-11-18,9-12-19)13-15(20)17-10-7-14-5-3-2-4-6-14/h2-6,13-14,18-19H,7-11H2,1H3,(H,17,20);2-6,11-12H,7-10,13H2,1H3,(H,17,20). The second-order valence-corrected chi connectivity index (χ2v) is 11.4. The van der Waals surface area contributed by atoms with Crippen LogP contribution in [0.25, 0.3) is 0 Å². The Labute approximate surface area is 237 Å². The summed E-state index contributed by atoms with van der Waals surface area (Å²) < 4.78 is 0. The predicted octanol–water partition coefficient (Wildman–Crippen LogP) is 3.18. The first kappa shape index (κ1) is 32.8. The predicted molar refractivity (Wildman–Crippen MR) is 154 cm³/mol. The van der Waals surface area contributed by atoms with Gasteiger partial charge in [0.15, 0.2) is 0 Å². The minimum absolute atomic E-state index is 0.00951. The van der Waals surface area contributed by atoms with E-state index in [1.165, 1.54) is 5.56 Å². The number of amides is 2. The Morgan fingerprint density at radius 2 is 1.25 bits per heavy atom. The van der Waals surface area contributed by atoms with E-state index in [0.29, 0.717) is 32.4 Å². The van der Waals surface area contributed by atoms with Crippen molar-refractivity contribution in [3.63, 3.8) is 0 Å². The summed E-state index contributed by atoms with van der Waals surface area (Å²) in [7, 11) is 0. The Morgan fingerprint density at radius 3 is 1.68 bits per heavy atom. The fraction of sp³-hybridized carbons (Fsp3) is 0.500. The normalized spacial score (nSPS) is 20.1. The quantitative estimate of drug-likeness (QED) is 0.266. The molecule has 1 aliphatic rings. The fourth-order valence-electron chi connectivity index (χ4n) is 5.02. The van der Waals surface area contributed by atoms with Gasteiger partial charge in [-0.2, -0.15) is 0 Å². The number of aliphatic hydroxyl groups is 2. The third-order valence-electron chi connectivity index (χ3n) is 7.33. The van der Waals surface area contributed by atoms with Gasteiger partial charge in [0.25, 0.3) is 0 Å². The van der Waals surface area contributed by atoms with Gasteiger partial charge in [-0.25, -0.2) is 0 Å². The minimum atomic E-state index is -0.697. The number of aldehydes is 2. The summed E-state index contributed by atoms with van der Waals surface area (Å²) in [5.41, 5.74) is 1.50. The maximum atomic E-state index is 11.9. The molecule has 2 atom stereocenters. The fourth-order valence-corrected chi connectivity index (χ4v) is 5.02. The number of hydrogen-bond acceptors (Lipinski definition) is 6. The lowest BCUT2D eigenvalue weighted by Gasteiger charge is -2.24. The number of rotatable bonds is 14. The van der Waals surface area contributed by atoms with Crippen molar-refractivity contribution in [1.29, 1.82) is 0 Å². The number of aliphatic hydroxyl groups excluding tert-OH is 2. The highest BCUT2D eigenvalue weighted by Gasteiger charge is 2.41. The first-order chi connectivity index (χ1) is 19.1. The van der Waals surface area contributed by atoms with Crippen molar-refractivity contribution in [2.75, 3.05) is 13.1 Å². The largest absolute Gasteiger partial charge is 0.390 e. The van der Waals surface area contributed by atoms with Crippen molar-refractivity contribution in [3.8, 4) is 0 Å². The SMILES string of the molecule is CC(CC=O)(CC=O)CC(=O)NCCc1ccccc1.CC1(CC(=O)NCCc2ccccc2)CC(O)C(O)C1. The van der Waals surface area contributed by atoms with Crippen LogP contribution in [0.15, 0.2) is 60.7 Å². The summed E-state index contributed by atoms with van der Waals surface area (Å²) in [6.45, 7) is 4.90. The van der Waals surface area contributed by atoms with Crippen molar-refractivity contribution in [2.24, 2.45) is 10.8 Å². The molecular weight excluding hydrogens is 508 g/mol. The number of carbonyl (C=O) groups excluding carboxylic acids is 4. The molecule has 2 aromatic carbocycles. The van der Waals surface area contributed by atoms with Gasteiger partial charge in [0.1, 0.15) is 12.6 Å².